The SMILES string of the molecule is c1ccc(-c2ccc(-c3ccc(-c4ccccc4-c4ccccc4)c4ccc(-c5c6ccccc6c(-c6ccccc6)c6ccccc56)cc34)cc2)cc1. The first kappa shape index (κ1) is 31.7. The molecule has 0 unspecified atom stereocenters. The van der Waals surface area contributed by atoms with Crippen LogP contribution in [0.3, 0.4) is 0 Å². The molecule has 0 atom stereocenters. The highest BCUT2D eigenvalue weighted by Gasteiger charge is 2.19. The van der Waals surface area contributed by atoms with Crippen LogP contribution in [-0.2, 0) is 0 Å². The van der Waals surface area contributed by atoms with Gasteiger partial charge in [0.15, 0.2) is 0 Å². The van der Waals surface area contributed by atoms with E-state index in [0.29, 0.717) is 0 Å². The summed E-state index contributed by atoms with van der Waals surface area (Å²) in [5.41, 5.74) is 14.8. The Morgan fingerprint density at radius 2 is 0.556 bits per heavy atom. The Balaban J connectivity index is 1.24. The molecule has 54 heavy (non-hydrogen) atoms. The number of hydrogen-bond donors (Lipinski definition) is 0. The maximum Gasteiger partial charge on any atom is -0.00261 e. The van der Waals surface area contributed by atoms with Crippen LogP contribution < -0.4 is 0 Å². The second kappa shape index (κ2) is 13.5. The molecule has 0 nitrogen and oxygen atoms in total. The number of hydrogen-bond acceptors (Lipinski definition) is 0. The van der Waals surface area contributed by atoms with Crippen LogP contribution in [0.1, 0.15) is 0 Å². The molecule has 0 aliphatic carbocycles. The molecule has 0 aliphatic rings. The smallest absolute Gasteiger partial charge is 0.00261 e. The zero-order valence-electron chi connectivity index (χ0n) is 29.8. The maximum absolute atomic E-state index is 2.45. The lowest BCUT2D eigenvalue weighted by Crippen LogP contribution is -1.92. The molecule has 0 aliphatic heterocycles. The molecule has 0 heterocycles. The summed E-state index contributed by atoms with van der Waals surface area (Å²) in [6.07, 6.45) is 0. The lowest BCUT2D eigenvalue weighted by Gasteiger charge is -2.19. The van der Waals surface area contributed by atoms with Crippen LogP contribution in [-0.4, -0.2) is 0 Å². The average Bonchev–Trinajstić information content (AvgIpc) is 3.26. The molecule has 0 heteroatoms. The van der Waals surface area contributed by atoms with Gasteiger partial charge in [-0.2, -0.15) is 0 Å². The summed E-state index contributed by atoms with van der Waals surface area (Å²) in [6, 6.07) is 79.7. The Labute approximate surface area is 316 Å². The lowest BCUT2D eigenvalue weighted by molar-refractivity contribution is 1.58. The third kappa shape index (κ3) is 5.48. The largest absolute Gasteiger partial charge is 0.0622 e. The van der Waals surface area contributed by atoms with E-state index in [-0.39, 0.29) is 0 Å². The number of benzene rings is 10. The van der Waals surface area contributed by atoms with Crippen molar-refractivity contribution in [3.63, 3.8) is 0 Å². The Hall–Kier alpha value is -7.02. The quantitative estimate of drug-likeness (QED) is 0.153. The first-order valence-corrected chi connectivity index (χ1v) is 18.7. The van der Waals surface area contributed by atoms with Crippen molar-refractivity contribution in [3.05, 3.63) is 218 Å². The predicted octanol–water partition coefficient (Wildman–Crippen LogP) is 15.1. The van der Waals surface area contributed by atoms with Crippen LogP contribution in [0.5, 0.6) is 0 Å². The minimum absolute atomic E-state index is 1.20. The first-order chi connectivity index (χ1) is 26.8. The van der Waals surface area contributed by atoms with Crippen molar-refractivity contribution in [2.24, 2.45) is 0 Å². The van der Waals surface area contributed by atoms with Crippen LogP contribution in [0.2, 0.25) is 0 Å². The average molecular weight is 685 g/mol. The molecule has 10 aromatic carbocycles. The van der Waals surface area contributed by atoms with Crippen molar-refractivity contribution in [1.82, 2.24) is 0 Å². The van der Waals surface area contributed by atoms with E-state index < -0.39 is 0 Å². The molecule has 252 valence electrons. The molecule has 0 aromatic heterocycles. The molecule has 10 aromatic rings. The van der Waals surface area contributed by atoms with E-state index in [1.807, 2.05) is 0 Å². The highest BCUT2D eigenvalue weighted by molar-refractivity contribution is 6.22. The lowest BCUT2D eigenvalue weighted by atomic mass is 9.84. The molecule has 0 N–H and O–H groups in total. The van der Waals surface area contributed by atoms with Gasteiger partial charge in [-0.15, -0.1) is 0 Å². The van der Waals surface area contributed by atoms with Gasteiger partial charge in [0.05, 0.1) is 0 Å². The summed E-state index contributed by atoms with van der Waals surface area (Å²) in [5, 5.41) is 7.52. The van der Waals surface area contributed by atoms with E-state index in [1.165, 1.54) is 99.1 Å². The van der Waals surface area contributed by atoms with E-state index in [4.69, 9.17) is 0 Å². The van der Waals surface area contributed by atoms with Crippen molar-refractivity contribution in [2.45, 2.75) is 0 Å². The minimum atomic E-state index is 1.20. The molecule has 0 amide bonds. The fourth-order valence-corrected chi connectivity index (χ4v) is 8.41. The predicted molar refractivity (Wildman–Crippen MR) is 232 cm³/mol. The van der Waals surface area contributed by atoms with Crippen molar-refractivity contribution in [2.75, 3.05) is 0 Å². The molecule has 0 saturated carbocycles. The molecular weight excluding hydrogens is 649 g/mol. The molecule has 0 radical (unpaired) electrons. The topological polar surface area (TPSA) is 0 Å². The van der Waals surface area contributed by atoms with Gasteiger partial charge in [0.25, 0.3) is 0 Å². The van der Waals surface area contributed by atoms with Crippen molar-refractivity contribution in [3.8, 4) is 66.8 Å². The molecular formula is C54H36. The molecule has 0 spiro atoms. The molecule has 10 rings (SSSR count). The fraction of sp³-hybridized carbons (Fsp3) is 0. The van der Waals surface area contributed by atoms with Gasteiger partial charge < -0.3 is 0 Å². The second-order valence-electron chi connectivity index (χ2n) is 14.0. The summed E-state index contributed by atoms with van der Waals surface area (Å²) in [4.78, 5) is 0. The standard InChI is InChI=1S/C54H36/c1-4-16-37(17-5-1)38-28-30-40(31-29-38)44-34-35-46(45-23-11-10-22-43(45)39-18-6-2-7-19-39)47-33-32-42(36-52(44)47)54-50-26-14-12-24-48(50)53(41-20-8-3-9-21-41)49-25-13-15-27-51(49)54/h1-36H. The minimum Gasteiger partial charge on any atom is -0.0622 e. The summed E-state index contributed by atoms with van der Waals surface area (Å²) in [5.74, 6) is 0. The Kier molecular flexibility index (Phi) is 7.93. The first-order valence-electron chi connectivity index (χ1n) is 18.7. The van der Waals surface area contributed by atoms with Crippen molar-refractivity contribution >= 4 is 32.3 Å². The van der Waals surface area contributed by atoms with Gasteiger partial charge in [-0.1, -0.05) is 212 Å². The van der Waals surface area contributed by atoms with E-state index in [1.54, 1.807) is 0 Å². The molecule has 0 fully saturated rings. The third-order valence-corrected chi connectivity index (χ3v) is 10.9. The fourth-order valence-electron chi connectivity index (χ4n) is 8.41. The van der Waals surface area contributed by atoms with Gasteiger partial charge in [0.1, 0.15) is 0 Å². The van der Waals surface area contributed by atoms with Crippen LogP contribution in [0.25, 0.3) is 99.1 Å². The third-order valence-electron chi connectivity index (χ3n) is 10.9. The van der Waals surface area contributed by atoms with Crippen LogP contribution >= 0.6 is 0 Å². The number of fused-ring (bicyclic) bond motifs is 3. The van der Waals surface area contributed by atoms with E-state index >= 15 is 0 Å². The summed E-state index contributed by atoms with van der Waals surface area (Å²) < 4.78 is 0. The van der Waals surface area contributed by atoms with Gasteiger partial charge in [0, 0.05) is 0 Å². The highest BCUT2D eigenvalue weighted by atomic mass is 14.2. The zero-order chi connectivity index (χ0) is 35.8. The summed E-state index contributed by atoms with van der Waals surface area (Å²) in [7, 11) is 0. The Morgan fingerprint density at radius 1 is 0.167 bits per heavy atom. The van der Waals surface area contributed by atoms with Crippen LogP contribution in [0.4, 0.5) is 0 Å². The second-order valence-corrected chi connectivity index (χ2v) is 14.0. The summed E-state index contributed by atoms with van der Waals surface area (Å²) >= 11 is 0. The monoisotopic (exact) mass is 684 g/mol. The van der Waals surface area contributed by atoms with Gasteiger partial charge in [-0.05, 0) is 105 Å². The van der Waals surface area contributed by atoms with Crippen LogP contribution in [0.15, 0.2) is 218 Å². The summed E-state index contributed by atoms with van der Waals surface area (Å²) in [6.45, 7) is 0. The zero-order valence-corrected chi connectivity index (χ0v) is 29.8. The van der Waals surface area contributed by atoms with Crippen molar-refractivity contribution in [1.29, 1.82) is 0 Å². The highest BCUT2D eigenvalue weighted by Crippen LogP contribution is 2.46. The van der Waals surface area contributed by atoms with Gasteiger partial charge in [0.2, 0.25) is 0 Å². The molecule has 0 bridgehead atoms. The van der Waals surface area contributed by atoms with E-state index in [9.17, 15) is 0 Å². The van der Waals surface area contributed by atoms with Crippen LogP contribution in [0, 0.1) is 0 Å². The van der Waals surface area contributed by atoms with Gasteiger partial charge >= 0.3 is 0 Å². The van der Waals surface area contributed by atoms with E-state index in [2.05, 4.69) is 218 Å². The van der Waals surface area contributed by atoms with Gasteiger partial charge in [-0.25, -0.2) is 0 Å². The number of rotatable bonds is 6. The molecule has 0 saturated heterocycles. The Morgan fingerprint density at radius 3 is 1.15 bits per heavy atom. The van der Waals surface area contributed by atoms with Gasteiger partial charge in [-0.3, -0.25) is 0 Å². The van der Waals surface area contributed by atoms with E-state index in [0.717, 1.165) is 0 Å². The maximum atomic E-state index is 2.45. The Bertz CT molecular complexity index is 2880. The normalized spacial score (nSPS) is 11.3. The van der Waals surface area contributed by atoms with Crippen molar-refractivity contribution < 1.29 is 0 Å².